The van der Waals surface area contributed by atoms with Gasteiger partial charge in [-0.1, -0.05) is 12.1 Å². The Balaban J connectivity index is 2.98. The summed E-state index contributed by atoms with van der Waals surface area (Å²) in [4.78, 5) is -0.222. The van der Waals surface area contributed by atoms with Crippen molar-refractivity contribution >= 4 is 5.69 Å². The molecule has 0 aliphatic heterocycles. The zero-order chi connectivity index (χ0) is 6.69. The lowest BCUT2D eigenvalue weighted by molar-refractivity contribution is -0.438. The molecule has 44 valence electrons. The van der Waals surface area contributed by atoms with Crippen LogP contribution in [0, 0.1) is 11.3 Å². The predicted molar refractivity (Wildman–Crippen MR) is 30.7 cm³/mol. The summed E-state index contributed by atoms with van der Waals surface area (Å²) in [6.45, 7) is 0. The molecule has 0 aliphatic rings. The van der Waals surface area contributed by atoms with Crippen LogP contribution in [-0.4, -0.2) is 4.86 Å². The van der Waals surface area contributed by atoms with Crippen LogP contribution in [0.1, 0.15) is 0 Å². The van der Waals surface area contributed by atoms with Crippen LogP contribution in [0.5, 0.6) is 0 Å². The van der Waals surface area contributed by atoms with Crippen molar-refractivity contribution in [3.63, 3.8) is 0 Å². The van der Waals surface area contributed by atoms with Crippen molar-refractivity contribution in [2.75, 3.05) is 0 Å². The zero-order valence-electron chi connectivity index (χ0n) is 4.61. The predicted octanol–water partition coefficient (Wildman–Crippen LogP) is 0.881. The first kappa shape index (κ1) is 5.75. The largest absolute Gasteiger partial charge is 0.592 e. The SMILES string of the molecule is [N]=[N+]([O-])c1[c]cccc1. The highest BCUT2D eigenvalue weighted by Gasteiger charge is 1.96. The molecule has 3 heteroatoms. The standard InChI is InChI=1S/C6H4N2O/c7-8(9)6-4-2-1-3-5-6/h1-4H. The third-order valence-corrected chi connectivity index (χ3v) is 0.899. The molecule has 9 heavy (non-hydrogen) atoms. The number of benzene rings is 1. The number of para-hydroxylation sites is 1. The Morgan fingerprint density at radius 1 is 1.56 bits per heavy atom. The molecule has 0 unspecified atom stereocenters. The highest BCUT2D eigenvalue weighted by molar-refractivity contribution is 5.26. The van der Waals surface area contributed by atoms with Crippen LogP contribution in [0.25, 0.3) is 0 Å². The quantitative estimate of drug-likeness (QED) is 0.308. The summed E-state index contributed by atoms with van der Waals surface area (Å²) in [5, 5.41) is 10.1. The Morgan fingerprint density at radius 2 is 2.33 bits per heavy atom. The molecule has 1 aromatic rings. The van der Waals surface area contributed by atoms with Crippen molar-refractivity contribution in [3.8, 4) is 0 Å². The van der Waals surface area contributed by atoms with Crippen molar-refractivity contribution in [1.82, 2.24) is 5.53 Å². The minimum absolute atomic E-state index is 0.123. The van der Waals surface area contributed by atoms with Gasteiger partial charge in [-0.2, -0.15) is 0 Å². The normalized spacial score (nSPS) is 8.89. The molecule has 0 bridgehead atoms. The molecule has 0 saturated heterocycles. The van der Waals surface area contributed by atoms with Crippen molar-refractivity contribution < 1.29 is 4.86 Å². The van der Waals surface area contributed by atoms with Crippen molar-refractivity contribution in [2.45, 2.75) is 0 Å². The van der Waals surface area contributed by atoms with Crippen LogP contribution in [-0.2, 0) is 0 Å². The molecule has 2 radical (unpaired) electrons. The maximum atomic E-state index is 10.1. The minimum atomic E-state index is -0.222. The van der Waals surface area contributed by atoms with Crippen molar-refractivity contribution in [3.05, 3.63) is 35.5 Å². The van der Waals surface area contributed by atoms with E-state index in [9.17, 15) is 5.21 Å². The molecule has 0 N–H and O–H groups in total. The van der Waals surface area contributed by atoms with Gasteiger partial charge >= 0.3 is 0 Å². The van der Waals surface area contributed by atoms with Gasteiger partial charge in [-0.25, -0.2) is 0 Å². The van der Waals surface area contributed by atoms with Crippen LogP contribution in [0.2, 0.25) is 0 Å². The van der Waals surface area contributed by atoms with Gasteiger partial charge in [0.25, 0.3) is 5.69 Å². The van der Waals surface area contributed by atoms with Crippen LogP contribution in [0.4, 0.5) is 5.69 Å². The van der Waals surface area contributed by atoms with E-state index in [4.69, 9.17) is 5.53 Å². The average molecular weight is 120 g/mol. The number of hydrogen-bond acceptors (Lipinski definition) is 1. The fourth-order valence-corrected chi connectivity index (χ4v) is 0.503. The van der Waals surface area contributed by atoms with Gasteiger partial charge in [-0.05, 0) is 10.9 Å². The maximum Gasteiger partial charge on any atom is 0.255 e. The molecule has 0 aliphatic carbocycles. The summed E-state index contributed by atoms with van der Waals surface area (Å²) in [6, 6.07) is 8.91. The summed E-state index contributed by atoms with van der Waals surface area (Å²) >= 11 is 0. The fourth-order valence-electron chi connectivity index (χ4n) is 0.503. The van der Waals surface area contributed by atoms with Gasteiger partial charge in [0.1, 0.15) is 0 Å². The second-order valence-corrected chi connectivity index (χ2v) is 1.52. The second kappa shape index (κ2) is 2.26. The zero-order valence-corrected chi connectivity index (χ0v) is 4.61. The number of hydrogen-bond donors (Lipinski definition) is 0. The molecular formula is C6H4N2O. The molecule has 1 rings (SSSR count). The molecule has 0 fully saturated rings. The monoisotopic (exact) mass is 120 g/mol. The summed E-state index contributed by atoms with van der Waals surface area (Å²) < 4.78 is 0. The highest BCUT2D eigenvalue weighted by atomic mass is 16.5. The molecular weight excluding hydrogens is 116 g/mol. The second-order valence-electron chi connectivity index (χ2n) is 1.52. The first-order valence-corrected chi connectivity index (χ1v) is 2.43. The van der Waals surface area contributed by atoms with E-state index in [0.29, 0.717) is 0 Å². The van der Waals surface area contributed by atoms with Crippen LogP contribution >= 0.6 is 0 Å². The molecule has 0 amide bonds. The van der Waals surface area contributed by atoms with Crippen LogP contribution in [0.15, 0.2) is 24.3 Å². The average Bonchev–Trinajstić information content (AvgIpc) is 1.90. The van der Waals surface area contributed by atoms with E-state index in [1.807, 2.05) is 0 Å². The van der Waals surface area contributed by atoms with E-state index in [1.54, 1.807) is 18.2 Å². The van der Waals surface area contributed by atoms with Gasteiger partial charge < -0.3 is 5.21 Å². The van der Waals surface area contributed by atoms with E-state index >= 15 is 0 Å². The Kier molecular flexibility index (Phi) is 1.44. The molecule has 0 heterocycles. The van der Waals surface area contributed by atoms with Gasteiger partial charge in [-0.15, -0.1) is 0 Å². The Labute approximate surface area is 52.6 Å². The van der Waals surface area contributed by atoms with Crippen LogP contribution in [0.3, 0.4) is 0 Å². The van der Waals surface area contributed by atoms with Gasteiger partial charge in [-0.3, -0.25) is 0 Å². The lowest BCUT2D eigenvalue weighted by atomic mass is 10.3. The van der Waals surface area contributed by atoms with E-state index in [-0.39, 0.29) is 10.5 Å². The van der Waals surface area contributed by atoms with Crippen LogP contribution < -0.4 is 5.53 Å². The van der Waals surface area contributed by atoms with Gasteiger partial charge in [0.05, 0.1) is 6.07 Å². The summed E-state index contributed by atoms with van der Waals surface area (Å²) in [5.41, 5.74) is 8.39. The first-order chi connectivity index (χ1) is 4.30. The Hall–Kier alpha value is -1.38. The van der Waals surface area contributed by atoms with E-state index in [2.05, 4.69) is 6.07 Å². The maximum absolute atomic E-state index is 10.1. The Morgan fingerprint density at radius 3 is 2.67 bits per heavy atom. The molecule has 0 spiro atoms. The molecule has 0 atom stereocenters. The molecule has 0 saturated carbocycles. The topological polar surface area (TPSA) is 48.4 Å². The summed E-state index contributed by atoms with van der Waals surface area (Å²) in [5.74, 6) is 0. The van der Waals surface area contributed by atoms with Gasteiger partial charge in [0.2, 0.25) is 0 Å². The highest BCUT2D eigenvalue weighted by Crippen LogP contribution is 2.05. The van der Waals surface area contributed by atoms with E-state index in [1.165, 1.54) is 6.07 Å². The van der Waals surface area contributed by atoms with Crippen molar-refractivity contribution in [1.29, 1.82) is 0 Å². The smallest absolute Gasteiger partial charge is 0.255 e. The lowest BCUT2D eigenvalue weighted by Gasteiger charge is -1.90. The summed E-state index contributed by atoms with van der Waals surface area (Å²) in [6.07, 6.45) is 0. The van der Waals surface area contributed by atoms with Gasteiger partial charge in [0, 0.05) is 6.07 Å². The van der Waals surface area contributed by atoms with Gasteiger partial charge in [0.15, 0.2) is 5.53 Å². The molecule has 3 nitrogen and oxygen atoms in total. The van der Waals surface area contributed by atoms with E-state index < -0.39 is 0 Å². The first-order valence-electron chi connectivity index (χ1n) is 2.43. The number of rotatable bonds is 1. The third-order valence-electron chi connectivity index (χ3n) is 0.899. The van der Waals surface area contributed by atoms with Crippen molar-refractivity contribution in [2.24, 2.45) is 0 Å². The molecule has 0 aromatic heterocycles. The third kappa shape index (κ3) is 1.25. The Bertz CT molecular complexity index is 208. The fraction of sp³-hybridized carbons (Fsp3) is 0. The number of nitrogens with zero attached hydrogens (tertiary/aromatic N) is 2. The summed E-state index contributed by atoms with van der Waals surface area (Å²) in [7, 11) is 0. The minimum Gasteiger partial charge on any atom is -0.592 e. The lowest BCUT2D eigenvalue weighted by Crippen LogP contribution is -1.89. The van der Waals surface area contributed by atoms with E-state index in [0.717, 1.165) is 0 Å². The molecule has 1 aromatic carbocycles.